The zero-order valence-electron chi connectivity index (χ0n) is 14.3. The zero-order chi connectivity index (χ0) is 19.0. The predicted molar refractivity (Wildman–Crippen MR) is 106 cm³/mol. The van der Waals surface area contributed by atoms with Crippen LogP contribution in [0.5, 0.6) is 0 Å². The van der Waals surface area contributed by atoms with Crippen molar-refractivity contribution in [3.8, 4) is 0 Å². The number of nitrogens with zero attached hydrogens (tertiary/aromatic N) is 3. The van der Waals surface area contributed by atoms with Gasteiger partial charge < -0.3 is 10.6 Å². The average Bonchev–Trinajstić information content (AvgIpc) is 3.11. The van der Waals surface area contributed by atoms with E-state index in [1.807, 2.05) is 25.1 Å². The molecule has 1 aliphatic heterocycles. The Morgan fingerprint density at radius 2 is 1.89 bits per heavy atom. The van der Waals surface area contributed by atoms with E-state index in [0.717, 1.165) is 5.56 Å². The van der Waals surface area contributed by atoms with E-state index < -0.39 is 6.04 Å². The molecule has 1 atom stereocenters. The zero-order valence-corrected chi connectivity index (χ0v) is 15.8. The minimum atomic E-state index is -0.496. The minimum absolute atomic E-state index is 0.256. The van der Waals surface area contributed by atoms with Crippen molar-refractivity contribution in [3.63, 3.8) is 0 Å². The lowest BCUT2D eigenvalue weighted by atomic mass is 9.95. The van der Waals surface area contributed by atoms with Gasteiger partial charge in [-0.05, 0) is 37.3 Å². The number of hydrogen-bond donors (Lipinski definition) is 2. The molecule has 6 nitrogen and oxygen atoms in total. The fraction of sp³-hybridized carbons (Fsp3) is 0.105. The summed E-state index contributed by atoms with van der Waals surface area (Å²) in [5.74, 6) is 0.300. The van der Waals surface area contributed by atoms with Gasteiger partial charge in [0.25, 0.3) is 5.91 Å². The fourth-order valence-corrected chi connectivity index (χ4v) is 3.47. The van der Waals surface area contributed by atoms with Crippen molar-refractivity contribution >= 4 is 40.7 Å². The van der Waals surface area contributed by atoms with Crippen molar-refractivity contribution < 1.29 is 4.79 Å². The van der Waals surface area contributed by atoms with Crippen LogP contribution in [0.4, 0.5) is 11.6 Å². The first-order valence-corrected chi connectivity index (χ1v) is 8.99. The Morgan fingerprint density at radius 3 is 2.63 bits per heavy atom. The van der Waals surface area contributed by atoms with E-state index in [4.69, 9.17) is 23.2 Å². The number of carbonyl (C=O) groups is 1. The highest BCUT2D eigenvalue weighted by atomic mass is 35.5. The Labute approximate surface area is 165 Å². The molecule has 3 aromatic rings. The van der Waals surface area contributed by atoms with Gasteiger partial charge in [-0.3, -0.25) is 4.79 Å². The van der Waals surface area contributed by atoms with Crippen LogP contribution >= 0.6 is 23.2 Å². The summed E-state index contributed by atoms with van der Waals surface area (Å²) in [7, 11) is 0. The Bertz CT molecular complexity index is 1040. The molecule has 0 unspecified atom stereocenters. The van der Waals surface area contributed by atoms with Gasteiger partial charge in [-0.1, -0.05) is 41.4 Å². The van der Waals surface area contributed by atoms with Crippen LogP contribution in [0.1, 0.15) is 18.5 Å². The van der Waals surface area contributed by atoms with E-state index in [1.165, 1.54) is 6.33 Å². The summed E-state index contributed by atoms with van der Waals surface area (Å²) in [6, 6.07) is 13.8. The first-order chi connectivity index (χ1) is 13.0. The molecule has 0 radical (unpaired) electrons. The van der Waals surface area contributed by atoms with Gasteiger partial charge in [-0.2, -0.15) is 10.1 Å². The summed E-state index contributed by atoms with van der Waals surface area (Å²) in [4.78, 5) is 17.4. The van der Waals surface area contributed by atoms with Gasteiger partial charge in [0.15, 0.2) is 0 Å². The van der Waals surface area contributed by atoms with Gasteiger partial charge in [-0.25, -0.2) is 4.68 Å². The molecular formula is C19H15Cl2N5O. The molecule has 0 saturated heterocycles. The fourth-order valence-electron chi connectivity index (χ4n) is 3.10. The third-order valence-corrected chi connectivity index (χ3v) is 4.94. The lowest BCUT2D eigenvalue weighted by Gasteiger charge is -2.29. The summed E-state index contributed by atoms with van der Waals surface area (Å²) in [5.41, 5.74) is 2.61. The van der Waals surface area contributed by atoms with E-state index in [2.05, 4.69) is 20.7 Å². The Kier molecular flexibility index (Phi) is 4.59. The number of fused-ring (bicyclic) bond motifs is 1. The second-order valence-electron chi connectivity index (χ2n) is 6.08. The molecule has 1 amide bonds. The Hall–Kier alpha value is -2.83. The number of allylic oxidation sites excluding steroid dienone is 1. The van der Waals surface area contributed by atoms with Crippen LogP contribution < -0.4 is 10.6 Å². The van der Waals surface area contributed by atoms with Gasteiger partial charge in [0.1, 0.15) is 12.4 Å². The molecule has 0 aliphatic carbocycles. The summed E-state index contributed by atoms with van der Waals surface area (Å²) < 4.78 is 1.66. The quantitative estimate of drug-likeness (QED) is 0.679. The van der Waals surface area contributed by atoms with E-state index >= 15 is 0 Å². The van der Waals surface area contributed by atoms with Crippen molar-refractivity contribution in [2.24, 2.45) is 0 Å². The SMILES string of the molecule is CC1=C(C(=O)Nc2ccc(Cl)cc2)[C@H](c2ccccc2Cl)n2ncnc2N1. The molecule has 8 heteroatoms. The molecular weight excluding hydrogens is 385 g/mol. The van der Waals surface area contributed by atoms with E-state index in [0.29, 0.717) is 33.0 Å². The molecule has 0 bridgehead atoms. The summed E-state index contributed by atoms with van der Waals surface area (Å²) >= 11 is 12.4. The Balaban J connectivity index is 1.77. The van der Waals surface area contributed by atoms with Crippen LogP contribution in [0.3, 0.4) is 0 Å². The maximum Gasteiger partial charge on any atom is 0.255 e. The van der Waals surface area contributed by atoms with E-state index in [1.54, 1.807) is 35.0 Å². The molecule has 136 valence electrons. The number of anilines is 2. The van der Waals surface area contributed by atoms with Gasteiger partial charge in [0.2, 0.25) is 5.95 Å². The van der Waals surface area contributed by atoms with Crippen molar-refractivity contribution in [2.75, 3.05) is 10.6 Å². The normalized spacial score (nSPS) is 15.9. The molecule has 1 aliphatic rings. The standard InChI is InChI=1S/C19H15Cl2N5O/c1-11-16(18(27)25-13-8-6-12(20)7-9-13)17(14-4-2-3-5-15(14)21)26-19(24-11)22-10-23-26/h2-10,17H,1H3,(H,25,27)(H,22,23,24)/t17-/m0/s1. The first kappa shape index (κ1) is 17.6. The summed E-state index contributed by atoms with van der Waals surface area (Å²) in [6.07, 6.45) is 1.44. The van der Waals surface area contributed by atoms with Crippen molar-refractivity contribution in [2.45, 2.75) is 13.0 Å². The van der Waals surface area contributed by atoms with Crippen LogP contribution in [0, 0.1) is 0 Å². The Morgan fingerprint density at radius 1 is 1.15 bits per heavy atom. The largest absolute Gasteiger partial charge is 0.328 e. The average molecular weight is 400 g/mol. The first-order valence-electron chi connectivity index (χ1n) is 8.23. The molecule has 4 rings (SSSR count). The maximum atomic E-state index is 13.1. The van der Waals surface area contributed by atoms with Crippen molar-refractivity contribution in [1.29, 1.82) is 0 Å². The highest BCUT2D eigenvalue weighted by Gasteiger charge is 2.34. The monoisotopic (exact) mass is 399 g/mol. The number of hydrogen-bond acceptors (Lipinski definition) is 4. The van der Waals surface area contributed by atoms with Crippen LogP contribution in [0.25, 0.3) is 0 Å². The molecule has 2 N–H and O–H groups in total. The molecule has 0 spiro atoms. The predicted octanol–water partition coefficient (Wildman–Crippen LogP) is 4.51. The van der Waals surface area contributed by atoms with Gasteiger partial charge >= 0.3 is 0 Å². The van der Waals surface area contributed by atoms with Gasteiger partial charge in [-0.15, -0.1) is 0 Å². The molecule has 27 heavy (non-hydrogen) atoms. The summed E-state index contributed by atoms with van der Waals surface area (Å²) in [5, 5.41) is 11.5. The lowest BCUT2D eigenvalue weighted by Crippen LogP contribution is -2.31. The van der Waals surface area contributed by atoms with E-state index in [-0.39, 0.29) is 5.91 Å². The number of rotatable bonds is 3. The third-order valence-electron chi connectivity index (χ3n) is 4.34. The van der Waals surface area contributed by atoms with Crippen LogP contribution in [0.2, 0.25) is 10.0 Å². The lowest BCUT2D eigenvalue weighted by molar-refractivity contribution is -0.113. The number of carbonyl (C=O) groups excluding carboxylic acids is 1. The van der Waals surface area contributed by atoms with Gasteiger partial charge in [0, 0.05) is 27.0 Å². The maximum absolute atomic E-state index is 13.1. The highest BCUT2D eigenvalue weighted by Crippen LogP contribution is 2.37. The summed E-state index contributed by atoms with van der Waals surface area (Å²) in [6.45, 7) is 1.83. The number of amides is 1. The number of nitrogens with one attached hydrogen (secondary N) is 2. The van der Waals surface area contributed by atoms with Crippen molar-refractivity contribution in [1.82, 2.24) is 14.8 Å². The smallest absolute Gasteiger partial charge is 0.255 e. The van der Waals surface area contributed by atoms with Crippen LogP contribution in [0.15, 0.2) is 66.1 Å². The number of benzene rings is 2. The molecule has 0 fully saturated rings. The molecule has 2 heterocycles. The van der Waals surface area contributed by atoms with Crippen LogP contribution in [-0.2, 0) is 4.79 Å². The number of halogens is 2. The molecule has 0 saturated carbocycles. The van der Waals surface area contributed by atoms with Gasteiger partial charge in [0.05, 0.1) is 5.57 Å². The van der Waals surface area contributed by atoms with E-state index in [9.17, 15) is 4.79 Å². The minimum Gasteiger partial charge on any atom is -0.328 e. The topological polar surface area (TPSA) is 71.8 Å². The second-order valence-corrected chi connectivity index (χ2v) is 6.92. The second kappa shape index (κ2) is 7.06. The van der Waals surface area contributed by atoms with Crippen molar-refractivity contribution in [3.05, 3.63) is 81.7 Å². The third kappa shape index (κ3) is 3.29. The number of aromatic nitrogens is 3. The molecule has 1 aromatic heterocycles. The van der Waals surface area contributed by atoms with Crippen LogP contribution in [-0.4, -0.2) is 20.7 Å². The highest BCUT2D eigenvalue weighted by molar-refractivity contribution is 6.31. The molecule has 2 aromatic carbocycles.